The number of nitrogens with one attached hydrogen (secondary N) is 2. The van der Waals surface area contributed by atoms with E-state index in [0.717, 1.165) is 34.0 Å². The van der Waals surface area contributed by atoms with E-state index in [0.29, 0.717) is 30.5 Å². The maximum atomic E-state index is 13.7. The fraction of sp³-hybridized carbons (Fsp3) is 0.290. The molecule has 0 aliphatic rings. The SMILES string of the molecule is CCOc1cc(C(Nc2ccc3c(N)nccc3c2)C(=O)NCc2ccccc2CC)ccc1OC(C)C. The zero-order valence-corrected chi connectivity index (χ0v) is 22.5. The Balaban J connectivity index is 1.67. The number of nitrogens with zero attached hydrogens (tertiary/aromatic N) is 1. The third-order valence-electron chi connectivity index (χ3n) is 6.28. The van der Waals surface area contributed by atoms with Crippen LogP contribution in [0.1, 0.15) is 50.4 Å². The predicted molar refractivity (Wildman–Crippen MR) is 154 cm³/mol. The summed E-state index contributed by atoms with van der Waals surface area (Å²) in [6.07, 6.45) is 2.58. The van der Waals surface area contributed by atoms with Gasteiger partial charge >= 0.3 is 0 Å². The number of benzene rings is 3. The number of carbonyl (C=O) groups is 1. The van der Waals surface area contributed by atoms with Crippen molar-refractivity contribution in [1.29, 1.82) is 0 Å². The number of nitrogens with two attached hydrogens (primary N) is 1. The van der Waals surface area contributed by atoms with Crippen LogP contribution in [0.4, 0.5) is 11.5 Å². The summed E-state index contributed by atoms with van der Waals surface area (Å²) >= 11 is 0. The Morgan fingerprint density at radius 1 is 0.974 bits per heavy atom. The van der Waals surface area contributed by atoms with Gasteiger partial charge in [-0.15, -0.1) is 0 Å². The van der Waals surface area contributed by atoms with Gasteiger partial charge in [0.15, 0.2) is 11.5 Å². The van der Waals surface area contributed by atoms with Gasteiger partial charge in [0.05, 0.1) is 12.7 Å². The molecule has 1 heterocycles. The summed E-state index contributed by atoms with van der Waals surface area (Å²) in [6.45, 7) is 8.90. The van der Waals surface area contributed by atoms with Crippen molar-refractivity contribution >= 4 is 28.2 Å². The normalized spacial score (nSPS) is 11.8. The zero-order valence-electron chi connectivity index (χ0n) is 22.5. The first-order valence-corrected chi connectivity index (χ1v) is 13.1. The molecule has 4 rings (SSSR count). The number of hydrogen-bond donors (Lipinski definition) is 3. The van der Waals surface area contributed by atoms with Gasteiger partial charge in [0, 0.05) is 23.8 Å². The minimum absolute atomic E-state index is 0.00423. The van der Waals surface area contributed by atoms with E-state index >= 15 is 0 Å². The van der Waals surface area contributed by atoms with Gasteiger partial charge in [-0.1, -0.05) is 37.3 Å². The van der Waals surface area contributed by atoms with E-state index in [1.54, 1.807) is 6.20 Å². The number of amides is 1. The van der Waals surface area contributed by atoms with E-state index in [-0.39, 0.29) is 12.0 Å². The fourth-order valence-electron chi connectivity index (χ4n) is 4.44. The highest BCUT2D eigenvalue weighted by Crippen LogP contribution is 2.33. The van der Waals surface area contributed by atoms with Crippen molar-refractivity contribution in [3.63, 3.8) is 0 Å². The van der Waals surface area contributed by atoms with Gasteiger partial charge in [0.25, 0.3) is 0 Å². The smallest absolute Gasteiger partial charge is 0.247 e. The van der Waals surface area contributed by atoms with E-state index in [1.807, 2.05) is 75.4 Å². The number of aromatic nitrogens is 1. The third-order valence-corrected chi connectivity index (χ3v) is 6.28. The van der Waals surface area contributed by atoms with Crippen LogP contribution in [-0.2, 0) is 17.8 Å². The zero-order chi connectivity index (χ0) is 27.1. The summed E-state index contributed by atoms with van der Waals surface area (Å²) in [7, 11) is 0. The average Bonchev–Trinajstić information content (AvgIpc) is 2.91. The minimum atomic E-state index is -0.673. The van der Waals surface area contributed by atoms with Gasteiger partial charge in [0.1, 0.15) is 11.9 Å². The largest absolute Gasteiger partial charge is 0.490 e. The standard InChI is InChI=1S/C31H36N4O3/c1-5-21-9-7-8-10-24(21)19-34-31(36)29(23-11-14-27(38-20(3)4)28(18-23)37-6-2)35-25-12-13-26-22(17-25)15-16-33-30(26)32/h7-18,20,29,35H,5-6,19H2,1-4H3,(H2,32,33)(H,34,36). The molecule has 0 aliphatic heterocycles. The molecule has 0 saturated heterocycles. The molecule has 0 radical (unpaired) electrons. The molecule has 7 nitrogen and oxygen atoms in total. The van der Waals surface area contributed by atoms with Crippen LogP contribution >= 0.6 is 0 Å². The van der Waals surface area contributed by atoms with Crippen molar-refractivity contribution in [3.05, 3.63) is 89.6 Å². The molecule has 4 aromatic rings. The Hall–Kier alpha value is -4.26. The molecule has 0 spiro atoms. The molecule has 38 heavy (non-hydrogen) atoms. The lowest BCUT2D eigenvalue weighted by Crippen LogP contribution is -2.33. The van der Waals surface area contributed by atoms with Crippen LogP contribution in [0.2, 0.25) is 0 Å². The highest BCUT2D eigenvalue weighted by Gasteiger charge is 2.23. The second-order valence-corrected chi connectivity index (χ2v) is 9.36. The number of ether oxygens (including phenoxy) is 2. The molecule has 1 unspecified atom stereocenters. The molecule has 0 bridgehead atoms. The number of carbonyl (C=O) groups excluding carboxylic acids is 1. The van der Waals surface area contributed by atoms with Gasteiger partial charge < -0.3 is 25.8 Å². The number of hydrogen-bond acceptors (Lipinski definition) is 6. The van der Waals surface area contributed by atoms with Crippen molar-refractivity contribution in [1.82, 2.24) is 10.3 Å². The number of aryl methyl sites for hydroxylation is 1. The van der Waals surface area contributed by atoms with E-state index < -0.39 is 6.04 Å². The summed E-state index contributed by atoms with van der Waals surface area (Å²) in [4.78, 5) is 17.9. The van der Waals surface area contributed by atoms with Gasteiger partial charge in [-0.3, -0.25) is 4.79 Å². The van der Waals surface area contributed by atoms with Crippen molar-refractivity contribution in [2.45, 2.75) is 52.8 Å². The average molecular weight is 513 g/mol. The number of anilines is 2. The number of fused-ring (bicyclic) bond motifs is 1. The van der Waals surface area contributed by atoms with Crippen molar-refractivity contribution in [3.8, 4) is 11.5 Å². The second kappa shape index (κ2) is 12.3. The van der Waals surface area contributed by atoms with Gasteiger partial charge in [-0.2, -0.15) is 0 Å². The lowest BCUT2D eigenvalue weighted by molar-refractivity contribution is -0.122. The van der Waals surface area contributed by atoms with Crippen LogP contribution in [0.25, 0.3) is 10.8 Å². The monoisotopic (exact) mass is 512 g/mol. The maximum Gasteiger partial charge on any atom is 0.247 e. The van der Waals surface area contributed by atoms with Crippen LogP contribution in [0.5, 0.6) is 11.5 Å². The van der Waals surface area contributed by atoms with E-state index in [2.05, 4.69) is 34.7 Å². The quantitative estimate of drug-likeness (QED) is 0.227. The van der Waals surface area contributed by atoms with Gasteiger partial charge in [0.2, 0.25) is 5.91 Å². The lowest BCUT2D eigenvalue weighted by Gasteiger charge is -2.23. The molecule has 1 amide bonds. The first-order chi connectivity index (χ1) is 18.4. The summed E-state index contributed by atoms with van der Waals surface area (Å²) in [5, 5.41) is 8.37. The summed E-state index contributed by atoms with van der Waals surface area (Å²) in [5.74, 6) is 1.58. The van der Waals surface area contributed by atoms with Crippen LogP contribution in [-0.4, -0.2) is 23.6 Å². The lowest BCUT2D eigenvalue weighted by atomic mass is 10.0. The van der Waals surface area contributed by atoms with Crippen molar-refractivity contribution in [2.24, 2.45) is 0 Å². The highest BCUT2D eigenvalue weighted by atomic mass is 16.5. The molecule has 4 N–H and O–H groups in total. The Labute approximate surface area is 224 Å². The third kappa shape index (κ3) is 6.35. The summed E-state index contributed by atoms with van der Waals surface area (Å²) < 4.78 is 11.8. The first-order valence-electron chi connectivity index (χ1n) is 13.1. The Morgan fingerprint density at radius 2 is 1.76 bits per heavy atom. The van der Waals surface area contributed by atoms with E-state index in [4.69, 9.17) is 15.2 Å². The van der Waals surface area contributed by atoms with Gasteiger partial charge in [-0.25, -0.2) is 4.98 Å². The van der Waals surface area contributed by atoms with Crippen LogP contribution < -0.4 is 25.8 Å². The molecule has 1 aromatic heterocycles. The van der Waals surface area contributed by atoms with Crippen LogP contribution in [0.15, 0.2) is 72.9 Å². The molecule has 198 valence electrons. The number of rotatable bonds is 11. The minimum Gasteiger partial charge on any atom is -0.490 e. The Bertz CT molecular complexity index is 1400. The molecule has 0 saturated carbocycles. The predicted octanol–water partition coefficient (Wildman–Crippen LogP) is 6.03. The summed E-state index contributed by atoms with van der Waals surface area (Å²) in [5.41, 5.74) is 9.91. The Kier molecular flexibility index (Phi) is 8.69. The second-order valence-electron chi connectivity index (χ2n) is 9.36. The molecule has 1 atom stereocenters. The molecular weight excluding hydrogens is 476 g/mol. The topological polar surface area (TPSA) is 98.5 Å². The van der Waals surface area contributed by atoms with Gasteiger partial charge in [-0.05, 0) is 85.7 Å². The van der Waals surface area contributed by atoms with E-state index in [1.165, 1.54) is 5.56 Å². The number of nitrogen functional groups attached to an aromatic ring is 1. The molecule has 7 heteroatoms. The van der Waals surface area contributed by atoms with Crippen LogP contribution in [0, 0.1) is 0 Å². The van der Waals surface area contributed by atoms with Crippen molar-refractivity contribution < 1.29 is 14.3 Å². The molecule has 0 aliphatic carbocycles. The summed E-state index contributed by atoms with van der Waals surface area (Å²) in [6, 6.07) is 20.8. The van der Waals surface area contributed by atoms with Crippen LogP contribution in [0.3, 0.4) is 0 Å². The fourth-order valence-corrected chi connectivity index (χ4v) is 4.44. The Morgan fingerprint density at radius 3 is 2.50 bits per heavy atom. The molecule has 3 aromatic carbocycles. The van der Waals surface area contributed by atoms with E-state index in [9.17, 15) is 4.79 Å². The number of pyridine rings is 1. The maximum absolute atomic E-state index is 13.7. The van der Waals surface area contributed by atoms with Crippen molar-refractivity contribution in [2.75, 3.05) is 17.7 Å². The molecule has 0 fully saturated rings. The highest BCUT2D eigenvalue weighted by molar-refractivity contribution is 5.94. The molecular formula is C31H36N4O3. The first kappa shape index (κ1) is 26.8.